The number of carbonyl (C=O) groups excluding carboxylic acids is 2. The van der Waals surface area contributed by atoms with Crippen LogP contribution in [0.5, 0.6) is 0 Å². The van der Waals surface area contributed by atoms with Crippen LogP contribution < -0.4 is 10.6 Å². The van der Waals surface area contributed by atoms with E-state index in [-0.39, 0.29) is 11.9 Å². The number of urea groups is 1. The number of imide groups is 1. The summed E-state index contributed by atoms with van der Waals surface area (Å²) in [6.07, 6.45) is 3.41. The minimum atomic E-state index is -0.617. The van der Waals surface area contributed by atoms with Crippen molar-refractivity contribution in [3.05, 3.63) is 0 Å². The molecule has 2 fully saturated rings. The van der Waals surface area contributed by atoms with Gasteiger partial charge in [-0.1, -0.05) is 26.7 Å². The van der Waals surface area contributed by atoms with E-state index in [1.807, 2.05) is 0 Å². The summed E-state index contributed by atoms with van der Waals surface area (Å²) < 4.78 is 0. The lowest BCUT2D eigenvalue weighted by Gasteiger charge is -2.31. The molecule has 102 valence electrons. The fraction of sp³-hybridized carbons (Fsp3) is 0.846. The Morgan fingerprint density at radius 3 is 2.39 bits per heavy atom. The second-order valence-corrected chi connectivity index (χ2v) is 5.36. The Hall–Kier alpha value is -1.10. The first kappa shape index (κ1) is 13.3. The van der Waals surface area contributed by atoms with Crippen molar-refractivity contribution in [2.75, 3.05) is 19.6 Å². The molecule has 2 heterocycles. The van der Waals surface area contributed by atoms with Crippen molar-refractivity contribution in [3.63, 3.8) is 0 Å². The minimum absolute atomic E-state index is 0.0131. The quantitative estimate of drug-likeness (QED) is 0.737. The van der Waals surface area contributed by atoms with Crippen LogP contribution in [0.2, 0.25) is 0 Å². The number of carbonyl (C=O) groups is 2. The van der Waals surface area contributed by atoms with E-state index < -0.39 is 5.54 Å². The second kappa shape index (κ2) is 5.26. The molecule has 0 aromatic heterocycles. The molecule has 3 amide bonds. The van der Waals surface area contributed by atoms with E-state index in [9.17, 15) is 9.59 Å². The Bertz CT molecular complexity index is 333. The van der Waals surface area contributed by atoms with E-state index in [0.29, 0.717) is 25.3 Å². The van der Waals surface area contributed by atoms with E-state index >= 15 is 0 Å². The molecule has 2 N–H and O–H groups in total. The number of piperidine rings is 1. The zero-order valence-corrected chi connectivity index (χ0v) is 11.3. The zero-order valence-electron chi connectivity index (χ0n) is 11.3. The van der Waals surface area contributed by atoms with Gasteiger partial charge >= 0.3 is 6.03 Å². The summed E-state index contributed by atoms with van der Waals surface area (Å²) in [6, 6.07) is -0.200. The van der Waals surface area contributed by atoms with Gasteiger partial charge in [-0.05, 0) is 31.8 Å². The Balaban J connectivity index is 2.09. The van der Waals surface area contributed by atoms with Crippen molar-refractivity contribution in [1.29, 1.82) is 0 Å². The van der Waals surface area contributed by atoms with Gasteiger partial charge < -0.3 is 10.6 Å². The van der Waals surface area contributed by atoms with Crippen molar-refractivity contribution < 1.29 is 9.59 Å². The molecule has 0 radical (unpaired) electrons. The van der Waals surface area contributed by atoms with Crippen LogP contribution in [0.3, 0.4) is 0 Å². The van der Waals surface area contributed by atoms with Crippen molar-refractivity contribution in [3.8, 4) is 0 Å². The molecule has 0 aromatic rings. The van der Waals surface area contributed by atoms with Crippen molar-refractivity contribution >= 4 is 11.9 Å². The third-order valence-electron chi connectivity index (χ3n) is 4.30. The minimum Gasteiger partial charge on any atom is -0.323 e. The van der Waals surface area contributed by atoms with Crippen LogP contribution in [0.15, 0.2) is 0 Å². The summed E-state index contributed by atoms with van der Waals surface area (Å²) in [5, 5.41) is 6.15. The van der Waals surface area contributed by atoms with Crippen molar-refractivity contribution in [2.24, 2.45) is 5.92 Å². The van der Waals surface area contributed by atoms with Gasteiger partial charge in [-0.15, -0.1) is 0 Å². The molecule has 18 heavy (non-hydrogen) atoms. The third kappa shape index (κ3) is 2.23. The Kier molecular flexibility index (Phi) is 3.90. The first-order valence-corrected chi connectivity index (χ1v) is 6.97. The molecule has 0 saturated carbocycles. The van der Waals surface area contributed by atoms with Gasteiger partial charge in [-0.2, -0.15) is 0 Å². The highest BCUT2D eigenvalue weighted by molar-refractivity contribution is 6.07. The fourth-order valence-corrected chi connectivity index (χ4v) is 2.84. The first-order valence-electron chi connectivity index (χ1n) is 6.97. The van der Waals surface area contributed by atoms with Crippen LogP contribution in [-0.4, -0.2) is 42.0 Å². The molecule has 0 aromatic carbocycles. The number of nitrogens with one attached hydrogen (secondary N) is 2. The Morgan fingerprint density at radius 2 is 1.83 bits per heavy atom. The average Bonchev–Trinajstić information content (AvgIpc) is 2.60. The number of rotatable bonds is 4. The monoisotopic (exact) mass is 253 g/mol. The zero-order chi connectivity index (χ0) is 13.2. The van der Waals surface area contributed by atoms with Crippen LogP contribution in [0.1, 0.15) is 39.5 Å². The Morgan fingerprint density at radius 1 is 1.22 bits per heavy atom. The van der Waals surface area contributed by atoms with Crippen LogP contribution in [0, 0.1) is 5.92 Å². The highest BCUT2D eigenvalue weighted by Gasteiger charge is 2.51. The molecule has 0 aliphatic carbocycles. The molecule has 0 atom stereocenters. The van der Waals surface area contributed by atoms with Crippen LogP contribution >= 0.6 is 0 Å². The van der Waals surface area contributed by atoms with Gasteiger partial charge in [-0.3, -0.25) is 9.69 Å². The first-order chi connectivity index (χ1) is 8.63. The molecule has 5 nitrogen and oxygen atoms in total. The molecule has 2 aliphatic rings. The lowest BCUT2D eigenvalue weighted by molar-refractivity contribution is -0.132. The predicted octanol–water partition coefficient (Wildman–Crippen LogP) is 1.10. The summed E-state index contributed by atoms with van der Waals surface area (Å²) in [7, 11) is 0. The van der Waals surface area contributed by atoms with Crippen molar-refractivity contribution in [2.45, 2.75) is 45.1 Å². The van der Waals surface area contributed by atoms with Gasteiger partial charge in [-0.25, -0.2) is 4.79 Å². The molecule has 1 spiro atoms. The highest BCUT2D eigenvalue weighted by atomic mass is 16.2. The smallest absolute Gasteiger partial charge is 0.323 e. The van der Waals surface area contributed by atoms with E-state index in [4.69, 9.17) is 0 Å². The van der Waals surface area contributed by atoms with Crippen LogP contribution in [0.4, 0.5) is 4.79 Å². The van der Waals surface area contributed by atoms with Crippen LogP contribution in [-0.2, 0) is 4.79 Å². The van der Waals surface area contributed by atoms with Crippen molar-refractivity contribution in [1.82, 2.24) is 15.5 Å². The number of nitrogens with zero attached hydrogens (tertiary/aromatic N) is 1. The molecule has 0 unspecified atom stereocenters. The highest BCUT2D eigenvalue weighted by Crippen LogP contribution is 2.28. The second-order valence-electron chi connectivity index (χ2n) is 5.36. The molecular formula is C13H23N3O2. The number of amides is 3. The van der Waals surface area contributed by atoms with E-state index in [2.05, 4.69) is 24.5 Å². The Labute approximate surface area is 108 Å². The summed E-state index contributed by atoms with van der Waals surface area (Å²) >= 11 is 0. The third-order valence-corrected chi connectivity index (χ3v) is 4.30. The van der Waals surface area contributed by atoms with Gasteiger partial charge in [0, 0.05) is 6.54 Å². The van der Waals surface area contributed by atoms with Crippen LogP contribution in [0.25, 0.3) is 0 Å². The topological polar surface area (TPSA) is 61.4 Å². The molecule has 0 bridgehead atoms. The van der Waals surface area contributed by atoms with Gasteiger partial charge in [0.25, 0.3) is 5.91 Å². The number of hydrogen-bond donors (Lipinski definition) is 2. The molecule has 2 aliphatic heterocycles. The normalized spacial score (nSPS) is 22.9. The molecule has 2 rings (SSSR count). The SMILES string of the molecule is CCC(CC)CN1C(=O)NC2(CCNCC2)C1=O. The average molecular weight is 253 g/mol. The largest absolute Gasteiger partial charge is 0.325 e. The summed E-state index contributed by atoms with van der Waals surface area (Å²) in [4.78, 5) is 25.9. The molecule has 2 saturated heterocycles. The predicted molar refractivity (Wildman–Crippen MR) is 69.2 cm³/mol. The molecule has 5 heteroatoms. The van der Waals surface area contributed by atoms with Gasteiger partial charge in [0.05, 0.1) is 0 Å². The van der Waals surface area contributed by atoms with E-state index in [1.54, 1.807) is 0 Å². The van der Waals surface area contributed by atoms with Gasteiger partial charge in [0.1, 0.15) is 5.54 Å². The fourth-order valence-electron chi connectivity index (χ4n) is 2.84. The lowest BCUT2D eigenvalue weighted by Crippen LogP contribution is -2.54. The summed E-state index contributed by atoms with van der Waals surface area (Å²) in [6.45, 7) is 6.36. The summed E-state index contributed by atoms with van der Waals surface area (Å²) in [5.41, 5.74) is -0.617. The standard InChI is InChI=1S/C13H23N3O2/c1-3-10(4-2)9-16-11(17)13(15-12(16)18)5-7-14-8-6-13/h10,14H,3-9H2,1-2H3,(H,15,18). The lowest BCUT2D eigenvalue weighted by atomic mass is 9.88. The summed E-state index contributed by atoms with van der Waals surface area (Å²) in [5.74, 6) is 0.400. The maximum Gasteiger partial charge on any atom is 0.325 e. The van der Waals surface area contributed by atoms with Gasteiger partial charge in [0.2, 0.25) is 0 Å². The van der Waals surface area contributed by atoms with E-state index in [1.165, 1.54) is 4.90 Å². The maximum atomic E-state index is 12.5. The van der Waals surface area contributed by atoms with E-state index in [0.717, 1.165) is 25.9 Å². The number of hydrogen-bond acceptors (Lipinski definition) is 3. The maximum absolute atomic E-state index is 12.5. The van der Waals surface area contributed by atoms with Gasteiger partial charge in [0.15, 0.2) is 0 Å². The molecular weight excluding hydrogens is 230 g/mol.